The van der Waals surface area contributed by atoms with Crippen molar-refractivity contribution in [2.45, 2.75) is 25.2 Å². The molecule has 2 aromatic rings. The van der Waals surface area contributed by atoms with Crippen LogP contribution in [0.2, 0.25) is 0 Å². The second-order valence-electron chi connectivity index (χ2n) is 5.87. The minimum Gasteiger partial charge on any atom is -0.329 e. The molecule has 1 aliphatic rings. The predicted molar refractivity (Wildman–Crippen MR) is 83.8 cm³/mol. The normalized spacial score (nSPS) is 18.2. The summed E-state index contributed by atoms with van der Waals surface area (Å²) in [6.07, 6.45) is -3.46. The summed E-state index contributed by atoms with van der Waals surface area (Å²) in [7, 11) is 0. The Bertz CT molecular complexity index is 668. The van der Waals surface area contributed by atoms with Crippen LogP contribution in [0.25, 0.3) is 0 Å². The fraction of sp³-hybridized carbons (Fsp3) is 0.333. The Hall–Kier alpha value is -1.85. The number of alkyl halides is 3. The fourth-order valence-corrected chi connectivity index (χ4v) is 3.18. The summed E-state index contributed by atoms with van der Waals surface area (Å²) < 4.78 is 38.7. The molecule has 122 valence electrons. The predicted octanol–water partition coefficient (Wildman–Crippen LogP) is 3.76. The third kappa shape index (κ3) is 3.41. The molecule has 0 aliphatic carbocycles. The van der Waals surface area contributed by atoms with E-state index in [1.165, 1.54) is 11.6 Å². The lowest BCUT2D eigenvalue weighted by Gasteiger charge is -2.24. The highest BCUT2D eigenvalue weighted by atomic mass is 19.4. The zero-order valence-corrected chi connectivity index (χ0v) is 12.7. The lowest BCUT2D eigenvalue weighted by Crippen LogP contribution is -2.29. The van der Waals surface area contributed by atoms with Gasteiger partial charge in [-0.2, -0.15) is 13.2 Å². The first-order valence-electron chi connectivity index (χ1n) is 7.67. The van der Waals surface area contributed by atoms with Gasteiger partial charge in [0.2, 0.25) is 0 Å². The average molecular weight is 320 g/mol. The van der Waals surface area contributed by atoms with Crippen molar-refractivity contribution in [1.82, 2.24) is 4.90 Å². The molecule has 2 N–H and O–H groups in total. The molecular weight excluding hydrogens is 301 g/mol. The zero-order valence-electron chi connectivity index (χ0n) is 12.7. The number of benzene rings is 2. The van der Waals surface area contributed by atoms with Crippen molar-refractivity contribution in [2.75, 3.05) is 13.1 Å². The van der Waals surface area contributed by atoms with Crippen LogP contribution in [0, 0.1) is 0 Å². The molecule has 1 unspecified atom stereocenters. The van der Waals surface area contributed by atoms with Gasteiger partial charge in [0.1, 0.15) is 0 Å². The quantitative estimate of drug-likeness (QED) is 0.929. The standard InChI is InChI=1S/C18H19F3N2/c19-18(20,21)15-7-6-14-12-23(17(11-22)16(14)10-15)9-8-13-4-2-1-3-5-13/h1-7,10,17H,8-9,11-12,22H2. The molecule has 3 rings (SSSR count). The van der Waals surface area contributed by atoms with Crippen LogP contribution in [0.5, 0.6) is 0 Å². The molecule has 0 bridgehead atoms. The van der Waals surface area contributed by atoms with E-state index in [4.69, 9.17) is 5.73 Å². The van der Waals surface area contributed by atoms with E-state index in [0.29, 0.717) is 13.1 Å². The van der Waals surface area contributed by atoms with E-state index in [1.54, 1.807) is 6.07 Å². The van der Waals surface area contributed by atoms with Crippen LogP contribution in [-0.4, -0.2) is 18.0 Å². The summed E-state index contributed by atoms with van der Waals surface area (Å²) in [6, 6.07) is 13.9. The van der Waals surface area contributed by atoms with Crippen molar-refractivity contribution in [2.24, 2.45) is 5.73 Å². The van der Waals surface area contributed by atoms with Crippen LogP contribution in [0.3, 0.4) is 0 Å². The minimum absolute atomic E-state index is 0.143. The summed E-state index contributed by atoms with van der Waals surface area (Å²) >= 11 is 0. The van der Waals surface area contributed by atoms with E-state index < -0.39 is 11.7 Å². The molecule has 0 amide bonds. The van der Waals surface area contributed by atoms with E-state index >= 15 is 0 Å². The van der Waals surface area contributed by atoms with Crippen LogP contribution in [0.15, 0.2) is 48.5 Å². The Morgan fingerprint density at radius 2 is 1.83 bits per heavy atom. The topological polar surface area (TPSA) is 29.3 Å². The van der Waals surface area contributed by atoms with Crippen LogP contribution >= 0.6 is 0 Å². The van der Waals surface area contributed by atoms with E-state index in [2.05, 4.69) is 17.0 Å². The Labute approximate surface area is 133 Å². The number of nitrogens with zero attached hydrogens (tertiary/aromatic N) is 1. The van der Waals surface area contributed by atoms with Gasteiger partial charge in [0.25, 0.3) is 0 Å². The van der Waals surface area contributed by atoms with E-state index in [1.807, 2.05) is 18.2 Å². The molecule has 1 atom stereocenters. The van der Waals surface area contributed by atoms with Crippen LogP contribution in [0.1, 0.15) is 28.3 Å². The van der Waals surface area contributed by atoms with Gasteiger partial charge in [0.05, 0.1) is 5.56 Å². The molecule has 0 radical (unpaired) electrons. The van der Waals surface area contributed by atoms with Gasteiger partial charge in [-0.1, -0.05) is 36.4 Å². The Balaban J connectivity index is 1.77. The van der Waals surface area contributed by atoms with Gasteiger partial charge in [0.15, 0.2) is 0 Å². The maximum atomic E-state index is 12.9. The number of fused-ring (bicyclic) bond motifs is 1. The second-order valence-corrected chi connectivity index (χ2v) is 5.87. The van der Waals surface area contributed by atoms with Gasteiger partial charge in [-0.15, -0.1) is 0 Å². The van der Waals surface area contributed by atoms with E-state index in [-0.39, 0.29) is 6.04 Å². The largest absolute Gasteiger partial charge is 0.416 e. The van der Waals surface area contributed by atoms with Crippen molar-refractivity contribution < 1.29 is 13.2 Å². The average Bonchev–Trinajstić information content (AvgIpc) is 2.89. The van der Waals surface area contributed by atoms with Gasteiger partial charge in [-0.05, 0) is 35.2 Å². The van der Waals surface area contributed by atoms with E-state index in [9.17, 15) is 13.2 Å². The highest BCUT2D eigenvalue weighted by molar-refractivity contribution is 5.39. The number of hydrogen-bond donors (Lipinski definition) is 1. The maximum absolute atomic E-state index is 12.9. The lowest BCUT2D eigenvalue weighted by molar-refractivity contribution is -0.137. The van der Waals surface area contributed by atoms with Crippen LogP contribution < -0.4 is 5.73 Å². The first-order valence-corrected chi connectivity index (χ1v) is 7.67. The van der Waals surface area contributed by atoms with Crippen molar-refractivity contribution in [1.29, 1.82) is 0 Å². The first-order chi connectivity index (χ1) is 11.0. The Morgan fingerprint density at radius 1 is 1.09 bits per heavy atom. The lowest BCUT2D eigenvalue weighted by atomic mass is 10.0. The highest BCUT2D eigenvalue weighted by Gasteiger charge is 2.35. The number of hydrogen-bond acceptors (Lipinski definition) is 2. The molecule has 23 heavy (non-hydrogen) atoms. The van der Waals surface area contributed by atoms with Gasteiger partial charge >= 0.3 is 6.18 Å². The molecule has 0 aromatic heterocycles. The first kappa shape index (κ1) is 16.0. The number of rotatable bonds is 4. The van der Waals surface area contributed by atoms with Crippen molar-refractivity contribution >= 4 is 0 Å². The highest BCUT2D eigenvalue weighted by Crippen LogP contribution is 2.37. The smallest absolute Gasteiger partial charge is 0.329 e. The molecule has 2 aromatic carbocycles. The summed E-state index contributed by atoms with van der Waals surface area (Å²) in [6.45, 7) is 1.76. The summed E-state index contributed by atoms with van der Waals surface area (Å²) in [4.78, 5) is 2.16. The van der Waals surface area contributed by atoms with Gasteiger partial charge in [-0.3, -0.25) is 4.90 Å². The molecule has 2 nitrogen and oxygen atoms in total. The number of nitrogens with two attached hydrogens (primary N) is 1. The third-order valence-electron chi connectivity index (χ3n) is 4.40. The molecule has 0 spiro atoms. The van der Waals surface area contributed by atoms with Gasteiger partial charge in [0, 0.05) is 25.7 Å². The number of halogens is 3. The van der Waals surface area contributed by atoms with Crippen molar-refractivity contribution in [3.8, 4) is 0 Å². The molecule has 0 fully saturated rings. The third-order valence-corrected chi connectivity index (χ3v) is 4.40. The molecule has 5 heteroatoms. The molecule has 0 saturated carbocycles. The fourth-order valence-electron chi connectivity index (χ4n) is 3.18. The molecular formula is C18H19F3N2. The minimum atomic E-state index is -4.31. The monoisotopic (exact) mass is 320 g/mol. The van der Waals surface area contributed by atoms with Crippen molar-refractivity contribution in [3.05, 3.63) is 70.8 Å². The SMILES string of the molecule is NCC1c2cc(C(F)(F)F)ccc2CN1CCc1ccccc1. The molecule has 1 heterocycles. The maximum Gasteiger partial charge on any atom is 0.416 e. The van der Waals surface area contributed by atoms with Crippen LogP contribution in [0.4, 0.5) is 13.2 Å². The van der Waals surface area contributed by atoms with Crippen LogP contribution in [-0.2, 0) is 19.1 Å². The summed E-state index contributed by atoms with van der Waals surface area (Å²) in [5.74, 6) is 0. The van der Waals surface area contributed by atoms with E-state index in [0.717, 1.165) is 30.2 Å². The Morgan fingerprint density at radius 3 is 2.48 bits per heavy atom. The second kappa shape index (κ2) is 6.34. The van der Waals surface area contributed by atoms with Crippen molar-refractivity contribution in [3.63, 3.8) is 0 Å². The van der Waals surface area contributed by atoms with Gasteiger partial charge < -0.3 is 5.73 Å². The van der Waals surface area contributed by atoms with Gasteiger partial charge in [-0.25, -0.2) is 0 Å². The summed E-state index contributed by atoms with van der Waals surface area (Å²) in [5, 5.41) is 0. The molecule has 0 saturated heterocycles. The molecule has 1 aliphatic heterocycles. The summed E-state index contributed by atoms with van der Waals surface area (Å²) in [5.41, 5.74) is 8.13. The Kier molecular flexibility index (Phi) is 4.41. The zero-order chi connectivity index (χ0) is 16.4.